The normalized spacial score (nSPS) is 24.5. The number of amides is 1. The van der Waals surface area contributed by atoms with Crippen LogP contribution in [0.1, 0.15) is 32.6 Å². The molecule has 0 bridgehead atoms. The van der Waals surface area contributed by atoms with E-state index < -0.39 is 65.9 Å². The van der Waals surface area contributed by atoms with Crippen molar-refractivity contribution in [2.75, 3.05) is 13.2 Å². The van der Waals surface area contributed by atoms with Gasteiger partial charge in [0.25, 0.3) is 5.56 Å². The summed E-state index contributed by atoms with van der Waals surface area (Å²) in [6.07, 6.45) is -4.37. The molecule has 1 aromatic heterocycles. The average Bonchev–Trinajstić information content (AvgIpc) is 3.02. The number of carbonyl (C=O) groups is 1. The number of allylic oxidation sites excluding steroid dienone is 1. The number of aliphatic hydroxyl groups excluding tert-OH is 2. The Morgan fingerprint density at radius 1 is 1.08 bits per heavy atom. The van der Waals surface area contributed by atoms with Crippen molar-refractivity contribution in [3.63, 3.8) is 0 Å². The van der Waals surface area contributed by atoms with Gasteiger partial charge in [-0.1, -0.05) is 11.6 Å². The van der Waals surface area contributed by atoms with Gasteiger partial charge < -0.3 is 39.4 Å². The van der Waals surface area contributed by atoms with Gasteiger partial charge in [0.05, 0.1) is 18.7 Å². The van der Waals surface area contributed by atoms with E-state index in [1.165, 1.54) is 11.8 Å². The van der Waals surface area contributed by atoms with Crippen LogP contribution in [0.15, 0.2) is 27.4 Å². The van der Waals surface area contributed by atoms with Crippen LogP contribution in [0.4, 0.5) is 0 Å². The van der Waals surface area contributed by atoms with Crippen LogP contribution >= 0.6 is 23.5 Å². The Balaban J connectivity index is 2.21. The van der Waals surface area contributed by atoms with Gasteiger partial charge in [-0.3, -0.25) is 23.7 Å². The fraction of sp³-hybridized carbons (Fsp3) is 0.588. The minimum atomic E-state index is -5.80. The lowest BCUT2D eigenvalue weighted by molar-refractivity contribution is -0.128. The van der Waals surface area contributed by atoms with Crippen LogP contribution in [-0.2, 0) is 42.9 Å². The Bertz CT molecular complexity index is 1350. The first-order valence-corrected chi connectivity index (χ1v) is 15.3. The second kappa shape index (κ2) is 12.8. The summed E-state index contributed by atoms with van der Waals surface area (Å²) < 4.78 is 51.6. The van der Waals surface area contributed by atoms with Crippen molar-refractivity contribution in [1.29, 1.82) is 0 Å². The number of rotatable bonds is 12. The smallest absolute Gasteiger partial charge is 0.387 e. The van der Waals surface area contributed by atoms with Gasteiger partial charge in [0.1, 0.15) is 18.3 Å². The first kappa shape index (κ1) is 33.4. The number of nitrogens with zero attached hydrogens (tertiary/aromatic N) is 2. The molecule has 1 aliphatic rings. The van der Waals surface area contributed by atoms with E-state index in [0.29, 0.717) is 4.57 Å². The molecule has 1 aliphatic heterocycles. The number of aromatic amines is 1. The number of carbonyl (C=O) groups excluding carboxylic acids is 1. The molecular formula is C17H28N3O16P3. The van der Waals surface area contributed by atoms with Crippen molar-refractivity contribution in [2.24, 2.45) is 0 Å². The van der Waals surface area contributed by atoms with E-state index >= 15 is 0 Å². The van der Waals surface area contributed by atoms with Crippen molar-refractivity contribution in [3.8, 4) is 0 Å². The van der Waals surface area contributed by atoms with E-state index in [2.05, 4.69) is 13.1 Å². The fourth-order valence-corrected chi connectivity index (χ4v) is 6.23. The highest BCUT2D eigenvalue weighted by Crippen LogP contribution is 2.66. The summed E-state index contributed by atoms with van der Waals surface area (Å²) >= 11 is 0. The van der Waals surface area contributed by atoms with Gasteiger partial charge in [-0.25, -0.2) is 18.5 Å². The van der Waals surface area contributed by atoms with Gasteiger partial charge in [0, 0.05) is 19.7 Å². The quantitative estimate of drug-likeness (QED) is 0.106. The molecule has 1 aromatic rings. The molecule has 1 fully saturated rings. The van der Waals surface area contributed by atoms with E-state index in [0.717, 1.165) is 11.8 Å². The van der Waals surface area contributed by atoms with Crippen molar-refractivity contribution < 1.29 is 66.2 Å². The molecular weight excluding hydrogens is 595 g/mol. The number of ether oxygens (including phenoxy) is 1. The Labute approximate surface area is 219 Å². The second-order valence-electron chi connectivity index (χ2n) is 8.43. The topological polar surface area (TPSA) is 285 Å². The number of aromatic nitrogens is 2. The highest BCUT2D eigenvalue weighted by molar-refractivity contribution is 7.66. The van der Waals surface area contributed by atoms with Crippen LogP contribution in [0.5, 0.6) is 0 Å². The van der Waals surface area contributed by atoms with E-state index in [-0.39, 0.29) is 24.6 Å². The highest BCUT2D eigenvalue weighted by Gasteiger charge is 2.47. The van der Waals surface area contributed by atoms with Gasteiger partial charge in [0.15, 0.2) is 6.23 Å². The van der Waals surface area contributed by atoms with Crippen LogP contribution in [0.2, 0.25) is 0 Å². The minimum Gasteiger partial charge on any atom is -0.387 e. The summed E-state index contributed by atoms with van der Waals surface area (Å²) in [6.45, 7) is 3.68. The lowest BCUT2D eigenvalue weighted by Crippen LogP contribution is -2.40. The third-order valence-corrected chi connectivity index (χ3v) is 8.80. The first-order chi connectivity index (χ1) is 17.7. The molecule has 39 heavy (non-hydrogen) atoms. The van der Waals surface area contributed by atoms with Gasteiger partial charge in [0.2, 0.25) is 5.91 Å². The van der Waals surface area contributed by atoms with Crippen molar-refractivity contribution in [1.82, 2.24) is 14.5 Å². The zero-order valence-electron chi connectivity index (χ0n) is 20.6. The maximum Gasteiger partial charge on any atom is 0.490 e. The molecule has 3 unspecified atom stereocenters. The standard InChI is InChI=1S/C17H28N3O16P3/c1-9(2)4-5-19(10(3)21)6-11-7-20(17(25)18-15(11)24)16-14(23)13(22)12(34-16)8-33-38(29,30)36-39(31,32)35-37(26,27)28/h4,7,12-14,16,22-23H,5-6,8H2,1-3H3,(H,29,30)(H,31,32)(H,18,24,25)(H2,26,27,28)/t12-,13?,14+,16-/m1/s1. The Hall–Kier alpha value is -1.82. The molecule has 6 atom stereocenters. The van der Waals surface area contributed by atoms with Gasteiger partial charge >= 0.3 is 29.2 Å². The predicted octanol–water partition coefficient (Wildman–Crippen LogP) is -1.19. The number of phosphoric ester groups is 1. The third-order valence-electron chi connectivity index (χ3n) is 5.00. The maximum absolute atomic E-state index is 12.4. The fourth-order valence-electron chi connectivity index (χ4n) is 3.20. The predicted molar refractivity (Wildman–Crippen MR) is 128 cm³/mol. The lowest BCUT2D eigenvalue weighted by Gasteiger charge is -2.21. The molecule has 0 saturated carbocycles. The highest BCUT2D eigenvalue weighted by atomic mass is 31.3. The summed E-state index contributed by atoms with van der Waals surface area (Å²) in [6, 6.07) is 0. The molecule has 7 N–H and O–H groups in total. The molecule has 0 aromatic carbocycles. The molecule has 19 nitrogen and oxygen atoms in total. The SMILES string of the molecule is CC(=O)N(CC=C(C)C)Cc1cn([C@@H]2O[C@H](COP(=O)(O)OP(=O)(O)OP(=O)(O)O)C(O)[C@@H]2O)c(=O)[nH]c1=O. The molecule has 0 spiro atoms. The summed E-state index contributed by atoms with van der Waals surface area (Å²) in [4.78, 5) is 75.9. The Kier molecular flexibility index (Phi) is 10.9. The van der Waals surface area contributed by atoms with Crippen LogP contribution in [0.25, 0.3) is 0 Å². The van der Waals surface area contributed by atoms with E-state index in [1.807, 2.05) is 4.98 Å². The molecule has 0 aliphatic carbocycles. The van der Waals surface area contributed by atoms with Crippen LogP contribution < -0.4 is 11.2 Å². The molecule has 2 rings (SSSR count). The van der Waals surface area contributed by atoms with Crippen molar-refractivity contribution in [2.45, 2.75) is 51.9 Å². The van der Waals surface area contributed by atoms with Crippen LogP contribution in [-0.4, -0.2) is 81.6 Å². The van der Waals surface area contributed by atoms with Crippen molar-refractivity contribution in [3.05, 3.63) is 44.2 Å². The third kappa shape index (κ3) is 9.95. The molecule has 22 heteroatoms. The zero-order chi connectivity index (χ0) is 29.9. The number of hydrogen-bond acceptors (Lipinski definition) is 12. The first-order valence-electron chi connectivity index (χ1n) is 10.7. The zero-order valence-corrected chi connectivity index (χ0v) is 23.3. The average molecular weight is 623 g/mol. The maximum atomic E-state index is 12.4. The van der Waals surface area contributed by atoms with E-state index in [4.69, 9.17) is 14.5 Å². The number of hydrogen-bond donors (Lipinski definition) is 7. The van der Waals surface area contributed by atoms with Gasteiger partial charge in [-0.2, -0.15) is 8.62 Å². The van der Waals surface area contributed by atoms with Gasteiger partial charge in [-0.05, 0) is 13.8 Å². The molecule has 1 saturated heterocycles. The molecule has 222 valence electrons. The summed E-state index contributed by atoms with van der Waals surface area (Å²) in [7, 11) is -17.0. The van der Waals surface area contributed by atoms with Crippen molar-refractivity contribution >= 4 is 29.4 Å². The summed E-state index contributed by atoms with van der Waals surface area (Å²) in [5.41, 5.74) is -1.10. The largest absolute Gasteiger partial charge is 0.490 e. The van der Waals surface area contributed by atoms with Crippen LogP contribution in [0, 0.1) is 0 Å². The second-order valence-corrected chi connectivity index (χ2v) is 12.9. The van der Waals surface area contributed by atoms with Crippen LogP contribution in [0.3, 0.4) is 0 Å². The Morgan fingerprint density at radius 3 is 2.23 bits per heavy atom. The molecule has 1 amide bonds. The van der Waals surface area contributed by atoms with E-state index in [9.17, 15) is 48.1 Å². The van der Waals surface area contributed by atoms with E-state index in [1.54, 1.807) is 19.9 Å². The number of aliphatic hydroxyl groups is 2. The number of nitrogens with one attached hydrogen (secondary N) is 1. The monoisotopic (exact) mass is 623 g/mol. The lowest BCUT2D eigenvalue weighted by atomic mass is 10.1. The number of phosphoric acid groups is 3. The minimum absolute atomic E-state index is 0.0889. The Morgan fingerprint density at radius 2 is 1.69 bits per heavy atom. The number of H-pyrrole nitrogens is 1. The summed E-state index contributed by atoms with van der Waals surface area (Å²) in [5.74, 6) is -0.385. The van der Waals surface area contributed by atoms with Gasteiger partial charge in [-0.15, -0.1) is 0 Å². The molecule has 0 radical (unpaired) electrons. The summed E-state index contributed by atoms with van der Waals surface area (Å²) in [5, 5.41) is 20.7. The molecule has 2 heterocycles.